The summed E-state index contributed by atoms with van der Waals surface area (Å²) in [6, 6.07) is 7.39. The van der Waals surface area contributed by atoms with Gasteiger partial charge in [0.1, 0.15) is 0 Å². The van der Waals surface area contributed by atoms with Gasteiger partial charge in [0.05, 0.1) is 11.0 Å². The van der Waals surface area contributed by atoms with Crippen LogP contribution in [0.4, 0.5) is 0 Å². The lowest BCUT2D eigenvalue weighted by Crippen LogP contribution is -2.02. The second-order valence-electron chi connectivity index (χ2n) is 4.05. The van der Waals surface area contributed by atoms with Crippen molar-refractivity contribution in [3.8, 4) is 0 Å². The molecule has 94 valence electrons. The molecular weight excluding hydrogens is 324 g/mol. The van der Waals surface area contributed by atoms with Crippen molar-refractivity contribution < 1.29 is 4.79 Å². The quantitative estimate of drug-likeness (QED) is 0.683. The molecule has 19 heavy (non-hydrogen) atoms. The number of nitrogens with zero attached hydrogens (tertiary/aromatic N) is 2. The second kappa shape index (κ2) is 5.19. The van der Waals surface area contributed by atoms with Gasteiger partial charge in [0, 0.05) is 33.7 Å². The smallest absolute Gasteiger partial charge is 0.168 e. The zero-order chi connectivity index (χ0) is 13.2. The maximum Gasteiger partial charge on any atom is 0.168 e. The standard InChI is InChI=1S/C14H9BrN2OS/c15-10-3-6-19-14(10)8-13(18)9-1-2-11-12(7-9)17-5-4-16-11/h1-7H,8H2. The Hall–Kier alpha value is -1.59. The van der Waals surface area contributed by atoms with E-state index in [4.69, 9.17) is 0 Å². The fourth-order valence-electron chi connectivity index (χ4n) is 1.84. The van der Waals surface area contributed by atoms with E-state index in [1.807, 2.05) is 17.5 Å². The Bertz CT molecular complexity index is 754. The number of rotatable bonds is 3. The fourth-order valence-corrected chi connectivity index (χ4v) is 3.33. The van der Waals surface area contributed by atoms with E-state index in [1.165, 1.54) is 0 Å². The van der Waals surface area contributed by atoms with Crippen molar-refractivity contribution in [1.29, 1.82) is 0 Å². The van der Waals surface area contributed by atoms with Crippen molar-refractivity contribution >= 4 is 44.1 Å². The number of benzene rings is 1. The highest BCUT2D eigenvalue weighted by atomic mass is 79.9. The first-order valence-corrected chi connectivity index (χ1v) is 7.37. The Morgan fingerprint density at radius 1 is 1.16 bits per heavy atom. The van der Waals surface area contributed by atoms with E-state index in [1.54, 1.807) is 35.9 Å². The van der Waals surface area contributed by atoms with Gasteiger partial charge in [-0.25, -0.2) is 0 Å². The van der Waals surface area contributed by atoms with Gasteiger partial charge in [-0.2, -0.15) is 0 Å². The van der Waals surface area contributed by atoms with Crippen LogP contribution in [0.2, 0.25) is 0 Å². The highest BCUT2D eigenvalue weighted by molar-refractivity contribution is 9.10. The van der Waals surface area contributed by atoms with Crippen LogP contribution in [0.5, 0.6) is 0 Å². The van der Waals surface area contributed by atoms with Crippen molar-refractivity contribution in [2.24, 2.45) is 0 Å². The van der Waals surface area contributed by atoms with E-state index in [-0.39, 0.29) is 5.78 Å². The van der Waals surface area contributed by atoms with Gasteiger partial charge in [-0.3, -0.25) is 14.8 Å². The monoisotopic (exact) mass is 332 g/mol. The summed E-state index contributed by atoms with van der Waals surface area (Å²) in [6.07, 6.45) is 3.68. The number of hydrogen-bond acceptors (Lipinski definition) is 4. The molecule has 0 unspecified atom stereocenters. The first-order valence-electron chi connectivity index (χ1n) is 5.70. The van der Waals surface area contributed by atoms with Crippen molar-refractivity contribution in [3.05, 3.63) is 57.0 Å². The van der Waals surface area contributed by atoms with E-state index < -0.39 is 0 Å². The summed E-state index contributed by atoms with van der Waals surface area (Å²) in [7, 11) is 0. The SMILES string of the molecule is O=C(Cc1sccc1Br)c1ccc2nccnc2c1. The van der Waals surface area contributed by atoms with Crippen LogP contribution in [0, 0.1) is 0 Å². The Labute approximate surface area is 122 Å². The molecule has 0 aliphatic rings. The van der Waals surface area contributed by atoms with Crippen LogP contribution >= 0.6 is 27.3 Å². The summed E-state index contributed by atoms with van der Waals surface area (Å²) in [5, 5.41) is 1.97. The van der Waals surface area contributed by atoms with Gasteiger partial charge in [-0.05, 0) is 45.6 Å². The van der Waals surface area contributed by atoms with Crippen molar-refractivity contribution in [1.82, 2.24) is 9.97 Å². The molecule has 0 radical (unpaired) electrons. The summed E-state index contributed by atoms with van der Waals surface area (Å²) in [6.45, 7) is 0. The maximum absolute atomic E-state index is 12.2. The van der Waals surface area contributed by atoms with Crippen LogP contribution in [-0.4, -0.2) is 15.8 Å². The molecule has 0 atom stereocenters. The van der Waals surface area contributed by atoms with Gasteiger partial charge >= 0.3 is 0 Å². The lowest BCUT2D eigenvalue weighted by atomic mass is 10.1. The largest absolute Gasteiger partial charge is 0.294 e. The third kappa shape index (κ3) is 2.57. The van der Waals surface area contributed by atoms with Crippen molar-refractivity contribution in [2.45, 2.75) is 6.42 Å². The molecular formula is C14H9BrN2OS. The molecule has 0 fully saturated rings. The molecule has 0 amide bonds. The van der Waals surface area contributed by atoms with E-state index >= 15 is 0 Å². The number of carbonyl (C=O) groups excluding carboxylic acids is 1. The topological polar surface area (TPSA) is 42.9 Å². The molecule has 5 heteroatoms. The Kier molecular flexibility index (Phi) is 3.40. The van der Waals surface area contributed by atoms with Crippen LogP contribution in [0.3, 0.4) is 0 Å². The van der Waals surface area contributed by atoms with Gasteiger partial charge in [-0.1, -0.05) is 0 Å². The average molecular weight is 333 g/mol. The number of thiophene rings is 1. The predicted octanol–water partition coefficient (Wildman–Crippen LogP) is 3.88. The van der Waals surface area contributed by atoms with Gasteiger partial charge in [0.2, 0.25) is 0 Å². The van der Waals surface area contributed by atoms with Gasteiger partial charge in [0.25, 0.3) is 0 Å². The molecule has 1 aromatic carbocycles. The van der Waals surface area contributed by atoms with Crippen molar-refractivity contribution in [2.75, 3.05) is 0 Å². The highest BCUT2D eigenvalue weighted by Gasteiger charge is 2.11. The summed E-state index contributed by atoms with van der Waals surface area (Å²) in [5.41, 5.74) is 2.23. The third-order valence-electron chi connectivity index (χ3n) is 2.80. The lowest BCUT2D eigenvalue weighted by Gasteiger charge is -2.02. The van der Waals surface area contributed by atoms with Gasteiger partial charge in [-0.15, -0.1) is 11.3 Å². The number of aromatic nitrogens is 2. The molecule has 3 nitrogen and oxygen atoms in total. The minimum absolute atomic E-state index is 0.0932. The molecule has 3 aromatic rings. The Balaban J connectivity index is 1.91. The lowest BCUT2D eigenvalue weighted by molar-refractivity contribution is 0.0994. The molecule has 0 bridgehead atoms. The second-order valence-corrected chi connectivity index (χ2v) is 5.91. The molecule has 0 saturated heterocycles. The third-order valence-corrected chi connectivity index (χ3v) is 4.73. The average Bonchev–Trinajstić information content (AvgIpc) is 2.84. The van der Waals surface area contributed by atoms with Crippen LogP contribution in [0.1, 0.15) is 15.2 Å². The summed E-state index contributed by atoms with van der Waals surface area (Å²) in [5.74, 6) is 0.0932. The predicted molar refractivity (Wildman–Crippen MR) is 79.6 cm³/mol. The van der Waals surface area contributed by atoms with Gasteiger partial charge in [0.15, 0.2) is 5.78 Å². The minimum atomic E-state index is 0.0932. The number of hydrogen-bond donors (Lipinski definition) is 0. The molecule has 0 N–H and O–H groups in total. The van der Waals surface area contributed by atoms with Crippen LogP contribution in [0.15, 0.2) is 46.5 Å². The number of fused-ring (bicyclic) bond motifs is 1. The first kappa shape index (κ1) is 12.4. The van der Waals surface area contributed by atoms with Crippen LogP contribution in [-0.2, 0) is 6.42 Å². The van der Waals surface area contributed by atoms with Crippen LogP contribution in [0.25, 0.3) is 11.0 Å². The molecule has 3 rings (SSSR count). The zero-order valence-electron chi connectivity index (χ0n) is 9.84. The molecule has 2 aromatic heterocycles. The summed E-state index contributed by atoms with van der Waals surface area (Å²) < 4.78 is 0.992. The molecule has 0 aliphatic carbocycles. The molecule has 0 aliphatic heterocycles. The normalized spacial score (nSPS) is 10.8. The molecule has 0 spiro atoms. The van der Waals surface area contributed by atoms with Crippen molar-refractivity contribution in [3.63, 3.8) is 0 Å². The number of carbonyl (C=O) groups is 1. The maximum atomic E-state index is 12.2. The van der Waals surface area contributed by atoms with E-state index in [2.05, 4.69) is 25.9 Å². The number of ketones is 1. The number of halogens is 1. The summed E-state index contributed by atoms with van der Waals surface area (Å²) in [4.78, 5) is 21.7. The van der Waals surface area contributed by atoms with E-state index in [0.717, 1.165) is 20.4 Å². The van der Waals surface area contributed by atoms with E-state index in [0.29, 0.717) is 12.0 Å². The minimum Gasteiger partial charge on any atom is -0.294 e. The van der Waals surface area contributed by atoms with E-state index in [9.17, 15) is 4.79 Å². The van der Waals surface area contributed by atoms with Gasteiger partial charge < -0.3 is 0 Å². The molecule has 2 heterocycles. The zero-order valence-corrected chi connectivity index (χ0v) is 12.2. The highest BCUT2D eigenvalue weighted by Crippen LogP contribution is 2.24. The fraction of sp³-hybridized carbons (Fsp3) is 0.0714. The first-order chi connectivity index (χ1) is 9.24. The summed E-state index contributed by atoms with van der Waals surface area (Å²) >= 11 is 5.02. The Morgan fingerprint density at radius 3 is 2.68 bits per heavy atom. The van der Waals surface area contributed by atoms with Crippen LogP contribution < -0.4 is 0 Å². The Morgan fingerprint density at radius 2 is 1.95 bits per heavy atom. The molecule has 0 saturated carbocycles. The number of Topliss-reactive ketones (excluding diaryl/α,β-unsaturated/α-hetero) is 1.